The lowest BCUT2D eigenvalue weighted by Crippen LogP contribution is -2.11. The summed E-state index contributed by atoms with van der Waals surface area (Å²) in [4.78, 5) is 10.8. The summed E-state index contributed by atoms with van der Waals surface area (Å²) in [5.41, 5.74) is 0.845. The number of halogens is 1. The van der Waals surface area contributed by atoms with Crippen LogP contribution in [0.5, 0.6) is 0 Å². The van der Waals surface area contributed by atoms with Gasteiger partial charge in [0, 0.05) is 5.02 Å². The molecule has 0 atom stereocenters. The average molecular weight is 238 g/mol. The lowest BCUT2D eigenvalue weighted by Gasteiger charge is -2.04. The molecule has 1 aromatic heterocycles. The molecule has 0 fully saturated rings. The Labute approximate surface area is 96.3 Å². The van der Waals surface area contributed by atoms with E-state index in [0.29, 0.717) is 11.6 Å². The van der Waals surface area contributed by atoms with Crippen molar-refractivity contribution in [2.75, 3.05) is 0 Å². The summed E-state index contributed by atoms with van der Waals surface area (Å²) in [6.45, 7) is 0.293. The SMILES string of the molecule is O=C(O)c1cnnn1Cc1ccccc1Cl. The third-order valence-electron chi connectivity index (χ3n) is 2.11. The highest BCUT2D eigenvalue weighted by atomic mass is 35.5. The maximum absolute atomic E-state index is 10.8. The van der Waals surface area contributed by atoms with Gasteiger partial charge in [-0.15, -0.1) is 5.10 Å². The molecule has 0 bridgehead atoms. The third-order valence-corrected chi connectivity index (χ3v) is 2.48. The Morgan fingerprint density at radius 3 is 2.88 bits per heavy atom. The van der Waals surface area contributed by atoms with E-state index in [2.05, 4.69) is 10.3 Å². The van der Waals surface area contributed by atoms with E-state index in [4.69, 9.17) is 16.7 Å². The molecule has 0 aliphatic carbocycles. The van der Waals surface area contributed by atoms with E-state index >= 15 is 0 Å². The van der Waals surface area contributed by atoms with Crippen molar-refractivity contribution in [1.82, 2.24) is 15.0 Å². The highest BCUT2D eigenvalue weighted by Crippen LogP contribution is 2.16. The predicted octanol–water partition coefficient (Wildman–Crippen LogP) is 1.68. The van der Waals surface area contributed by atoms with Gasteiger partial charge >= 0.3 is 5.97 Å². The molecule has 1 N–H and O–H groups in total. The minimum Gasteiger partial charge on any atom is -0.476 e. The second-order valence-electron chi connectivity index (χ2n) is 3.17. The molecule has 0 saturated heterocycles. The molecular formula is C10H8ClN3O2. The molecule has 0 aliphatic heterocycles. The number of aromatic nitrogens is 3. The van der Waals surface area contributed by atoms with Crippen LogP contribution < -0.4 is 0 Å². The van der Waals surface area contributed by atoms with Gasteiger partial charge < -0.3 is 5.11 Å². The number of hydrogen-bond donors (Lipinski definition) is 1. The minimum atomic E-state index is -1.06. The highest BCUT2D eigenvalue weighted by molar-refractivity contribution is 6.31. The lowest BCUT2D eigenvalue weighted by atomic mass is 10.2. The molecule has 0 unspecified atom stereocenters. The van der Waals surface area contributed by atoms with E-state index in [1.807, 2.05) is 18.2 Å². The Balaban J connectivity index is 2.31. The molecule has 6 heteroatoms. The van der Waals surface area contributed by atoms with Crippen molar-refractivity contribution in [3.63, 3.8) is 0 Å². The van der Waals surface area contributed by atoms with Crippen LogP contribution in [0.25, 0.3) is 0 Å². The highest BCUT2D eigenvalue weighted by Gasteiger charge is 2.12. The average Bonchev–Trinajstić information content (AvgIpc) is 2.69. The minimum absolute atomic E-state index is 0.0416. The van der Waals surface area contributed by atoms with Crippen LogP contribution in [0.4, 0.5) is 0 Å². The van der Waals surface area contributed by atoms with Crippen LogP contribution in [0.2, 0.25) is 5.02 Å². The lowest BCUT2D eigenvalue weighted by molar-refractivity contribution is 0.0684. The first kappa shape index (κ1) is 10.6. The van der Waals surface area contributed by atoms with E-state index in [1.54, 1.807) is 6.07 Å². The first-order valence-electron chi connectivity index (χ1n) is 4.53. The quantitative estimate of drug-likeness (QED) is 0.882. The maximum atomic E-state index is 10.8. The van der Waals surface area contributed by atoms with Crippen molar-refractivity contribution in [3.05, 3.63) is 46.7 Å². The normalized spacial score (nSPS) is 10.3. The number of carbonyl (C=O) groups is 1. The summed E-state index contributed by atoms with van der Waals surface area (Å²) in [5, 5.41) is 16.7. The largest absolute Gasteiger partial charge is 0.476 e. The van der Waals surface area contributed by atoms with Crippen molar-refractivity contribution < 1.29 is 9.90 Å². The van der Waals surface area contributed by atoms with Gasteiger partial charge in [-0.3, -0.25) is 0 Å². The van der Waals surface area contributed by atoms with Gasteiger partial charge in [-0.05, 0) is 11.6 Å². The van der Waals surface area contributed by atoms with E-state index in [1.165, 1.54) is 10.9 Å². The van der Waals surface area contributed by atoms with Crippen LogP contribution in [-0.4, -0.2) is 26.1 Å². The number of nitrogens with zero attached hydrogens (tertiary/aromatic N) is 3. The zero-order chi connectivity index (χ0) is 11.5. The Bertz CT molecular complexity index is 524. The topological polar surface area (TPSA) is 68.0 Å². The molecule has 16 heavy (non-hydrogen) atoms. The number of aromatic carboxylic acids is 1. The molecule has 0 saturated carbocycles. The Hall–Kier alpha value is -1.88. The molecular weight excluding hydrogens is 230 g/mol. The molecule has 2 aromatic rings. The fraction of sp³-hybridized carbons (Fsp3) is 0.100. The van der Waals surface area contributed by atoms with Crippen molar-refractivity contribution in [2.45, 2.75) is 6.54 Å². The van der Waals surface area contributed by atoms with Crippen molar-refractivity contribution in [3.8, 4) is 0 Å². The molecule has 5 nitrogen and oxygen atoms in total. The number of rotatable bonds is 3. The van der Waals surface area contributed by atoms with Gasteiger partial charge in [-0.25, -0.2) is 9.48 Å². The monoisotopic (exact) mass is 237 g/mol. The number of carboxylic acids is 1. The number of hydrogen-bond acceptors (Lipinski definition) is 3. The van der Waals surface area contributed by atoms with Crippen LogP contribution >= 0.6 is 11.6 Å². The molecule has 1 heterocycles. The molecule has 82 valence electrons. The van der Waals surface area contributed by atoms with E-state index in [9.17, 15) is 4.79 Å². The van der Waals surface area contributed by atoms with Gasteiger partial charge in [-0.2, -0.15) is 0 Å². The van der Waals surface area contributed by atoms with Crippen molar-refractivity contribution >= 4 is 17.6 Å². The van der Waals surface area contributed by atoms with E-state index in [-0.39, 0.29) is 5.69 Å². The van der Waals surface area contributed by atoms with E-state index in [0.717, 1.165) is 5.56 Å². The first-order valence-corrected chi connectivity index (χ1v) is 4.91. The first-order chi connectivity index (χ1) is 7.68. The molecule has 1 aromatic carbocycles. The summed E-state index contributed by atoms with van der Waals surface area (Å²) in [6.07, 6.45) is 1.21. The molecule has 0 aliphatic rings. The second kappa shape index (κ2) is 4.32. The summed E-state index contributed by atoms with van der Waals surface area (Å²) in [7, 11) is 0. The fourth-order valence-electron chi connectivity index (χ4n) is 1.33. The molecule has 2 rings (SSSR count). The Kier molecular flexibility index (Phi) is 2.87. The maximum Gasteiger partial charge on any atom is 0.355 e. The third kappa shape index (κ3) is 2.04. The number of carboxylic acid groups (broad SMARTS) is 1. The Morgan fingerprint density at radius 1 is 1.44 bits per heavy atom. The van der Waals surface area contributed by atoms with Gasteiger partial charge in [0.1, 0.15) is 0 Å². The van der Waals surface area contributed by atoms with Crippen LogP contribution in [0.1, 0.15) is 16.1 Å². The molecule has 0 radical (unpaired) electrons. The fourth-order valence-corrected chi connectivity index (χ4v) is 1.52. The van der Waals surface area contributed by atoms with E-state index < -0.39 is 5.97 Å². The summed E-state index contributed by atoms with van der Waals surface area (Å²) < 4.78 is 1.30. The van der Waals surface area contributed by atoms with Gasteiger partial charge in [0.25, 0.3) is 0 Å². The smallest absolute Gasteiger partial charge is 0.355 e. The zero-order valence-electron chi connectivity index (χ0n) is 8.17. The van der Waals surface area contributed by atoms with Gasteiger partial charge in [0.2, 0.25) is 0 Å². The van der Waals surface area contributed by atoms with Crippen LogP contribution in [0, 0.1) is 0 Å². The van der Waals surface area contributed by atoms with Gasteiger partial charge in [0.05, 0.1) is 12.7 Å². The summed E-state index contributed by atoms with van der Waals surface area (Å²) in [6, 6.07) is 7.20. The number of benzene rings is 1. The van der Waals surface area contributed by atoms with Crippen LogP contribution in [0.15, 0.2) is 30.5 Å². The second-order valence-corrected chi connectivity index (χ2v) is 3.58. The van der Waals surface area contributed by atoms with Crippen molar-refractivity contribution in [1.29, 1.82) is 0 Å². The van der Waals surface area contributed by atoms with Gasteiger partial charge in [-0.1, -0.05) is 35.0 Å². The van der Waals surface area contributed by atoms with Crippen LogP contribution in [0.3, 0.4) is 0 Å². The standard InChI is InChI=1S/C10H8ClN3O2/c11-8-4-2-1-3-7(8)6-14-9(10(15)16)5-12-13-14/h1-5H,6H2,(H,15,16). The van der Waals surface area contributed by atoms with Gasteiger partial charge in [0.15, 0.2) is 5.69 Å². The predicted molar refractivity (Wildman–Crippen MR) is 57.5 cm³/mol. The summed E-state index contributed by atoms with van der Waals surface area (Å²) in [5.74, 6) is -1.06. The molecule has 0 amide bonds. The molecule has 0 spiro atoms. The zero-order valence-corrected chi connectivity index (χ0v) is 8.92. The van der Waals surface area contributed by atoms with Crippen LogP contribution in [-0.2, 0) is 6.54 Å². The van der Waals surface area contributed by atoms with Crippen molar-refractivity contribution in [2.24, 2.45) is 0 Å². The Morgan fingerprint density at radius 2 is 2.19 bits per heavy atom. The summed E-state index contributed by atoms with van der Waals surface area (Å²) >= 11 is 5.96.